The smallest absolute Gasteiger partial charge is 0.264 e. The van der Waals surface area contributed by atoms with Gasteiger partial charge in [0.2, 0.25) is 0 Å². The van der Waals surface area contributed by atoms with Crippen LogP contribution in [-0.4, -0.2) is 31.1 Å². The molecule has 124 valence electrons. The highest BCUT2D eigenvalue weighted by Gasteiger charge is 2.21. The minimum Gasteiger partial charge on any atom is -0.383 e. The Labute approximate surface area is 146 Å². The molecule has 0 N–H and O–H groups in total. The van der Waals surface area contributed by atoms with Gasteiger partial charge in [-0.05, 0) is 29.5 Å². The SMILES string of the molecule is COCCN(Cc1ccccc1)C(=O)c1sc2ccccc2c1C. The second kappa shape index (κ2) is 7.60. The maximum absolute atomic E-state index is 13.1. The first-order chi connectivity index (χ1) is 11.7. The first kappa shape index (κ1) is 16.7. The highest BCUT2D eigenvalue weighted by molar-refractivity contribution is 7.21. The molecule has 1 heterocycles. The van der Waals surface area contributed by atoms with E-state index in [9.17, 15) is 4.79 Å². The monoisotopic (exact) mass is 339 g/mol. The van der Waals surface area contributed by atoms with Gasteiger partial charge in [-0.3, -0.25) is 4.79 Å². The largest absolute Gasteiger partial charge is 0.383 e. The number of rotatable bonds is 6. The Morgan fingerprint density at radius 2 is 1.79 bits per heavy atom. The Morgan fingerprint density at radius 1 is 1.08 bits per heavy atom. The van der Waals surface area contributed by atoms with Gasteiger partial charge < -0.3 is 9.64 Å². The fraction of sp³-hybridized carbons (Fsp3) is 0.250. The first-order valence-corrected chi connectivity index (χ1v) is 8.82. The standard InChI is InChI=1S/C20H21NO2S/c1-15-17-10-6-7-11-18(17)24-19(15)20(22)21(12-13-23-2)14-16-8-4-3-5-9-16/h3-11H,12-14H2,1-2H3. The van der Waals surface area contributed by atoms with Crippen LogP contribution in [0.1, 0.15) is 20.8 Å². The molecule has 0 bridgehead atoms. The summed E-state index contributed by atoms with van der Waals surface area (Å²) in [7, 11) is 1.66. The third-order valence-corrected chi connectivity index (χ3v) is 5.37. The minimum atomic E-state index is 0.0783. The Balaban J connectivity index is 1.90. The number of amides is 1. The first-order valence-electron chi connectivity index (χ1n) is 8.01. The lowest BCUT2D eigenvalue weighted by Gasteiger charge is -2.22. The number of benzene rings is 2. The van der Waals surface area contributed by atoms with Crippen LogP contribution in [0.2, 0.25) is 0 Å². The fourth-order valence-corrected chi connectivity index (χ4v) is 3.96. The van der Waals surface area contributed by atoms with Gasteiger partial charge >= 0.3 is 0 Å². The van der Waals surface area contributed by atoms with Gasteiger partial charge in [0, 0.05) is 24.9 Å². The fourth-order valence-electron chi connectivity index (χ4n) is 2.78. The molecular weight excluding hydrogens is 318 g/mol. The second-order valence-electron chi connectivity index (χ2n) is 5.76. The number of hydrogen-bond donors (Lipinski definition) is 0. The third-order valence-electron chi connectivity index (χ3n) is 4.11. The van der Waals surface area contributed by atoms with Crippen LogP contribution in [0.5, 0.6) is 0 Å². The normalized spacial score (nSPS) is 10.9. The zero-order valence-corrected chi connectivity index (χ0v) is 14.8. The number of methoxy groups -OCH3 is 1. The number of carbonyl (C=O) groups excluding carboxylic acids is 1. The molecule has 0 saturated carbocycles. The van der Waals surface area contributed by atoms with E-state index in [-0.39, 0.29) is 5.91 Å². The molecule has 0 aliphatic heterocycles. The van der Waals surface area contributed by atoms with Gasteiger partial charge in [0.1, 0.15) is 0 Å². The average molecular weight is 339 g/mol. The van der Waals surface area contributed by atoms with Gasteiger partial charge in [0.25, 0.3) is 5.91 Å². The predicted octanol–water partition coefficient (Wildman–Crippen LogP) is 4.50. The highest BCUT2D eigenvalue weighted by atomic mass is 32.1. The van der Waals surface area contributed by atoms with Gasteiger partial charge in [0.15, 0.2) is 0 Å². The van der Waals surface area contributed by atoms with Crippen molar-refractivity contribution in [3.05, 3.63) is 70.6 Å². The number of fused-ring (bicyclic) bond motifs is 1. The van der Waals surface area contributed by atoms with Crippen LogP contribution in [0.25, 0.3) is 10.1 Å². The molecule has 3 nitrogen and oxygen atoms in total. The molecule has 0 saturated heterocycles. The van der Waals surface area contributed by atoms with Crippen LogP contribution >= 0.6 is 11.3 Å². The molecule has 4 heteroatoms. The maximum Gasteiger partial charge on any atom is 0.264 e. The zero-order valence-electron chi connectivity index (χ0n) is 14.0. The molecule has 0 radical (unpaired) electrons. The Kier molecular flexibility index (Phi) is 5.28. The summed E-state index contributed by atoms with van der Waals surface area (Å²) >= 11 is 1.57. The number of carbonyl (C=O) groups is 1. The number of thiophene rings is 1. The molecule has 2 aromatic carbocycles. The molecule has 1 aromatic heterocycles. The molecular formula is C20H21NO2S. The van der Waals surface area contributed by atoms with Gasteiger partial charge in [-0.15, -0.1) is 11.3 Å². The van der Waals surface area contributed by atoms with E-state index in [1.165, 1.54) is 0 Å². The van der Waals surface area contributed by atoms with Crippen molar-refractivity contribution < 1.29 is 9.53 Å². The highest BCUT2D eigenvalue weighted by Crippen LogP contribution is 2.31. The summed E-state index contributed by atoms with van der Waals surface area (Å²) in [6.07, 6.45) is 0. The number of hydrogen-bond acceptors (Lipinski definition) is 3. The van der Waals surface area contributed by atoms with Crippen molar-refractivity contribution in [3.8, 4) is 0 Å². The molecule has 0 fully saturated rings. The van der Waals surface area contributed by atoms with E-state index in [1.54, 1.807) is 18.4 Å². The lowest BCUT2D eigenvalue weighted by atomic mass is 10.1. The Bertz CT molecular complexity index is 826. The summed E-state index contributed by atoms with van der Waals surface area (Å²) in [6.45, 7) is 3.74. The predicted molar refractivity (Wildman–Crippen MR) is 99.6 cm³/mol. The van der Waals surface area contributed by atoms with E-state index in [1.807, 2.05) is 54.3 Å². The lowest BCUT2D eigenvalue weighted by Crippen LogP contribution is -2.33. The molecule has 0 unspecified atom stereocenters. The second-order valence-corrected chi connectivity index (χ2v) is 6.81. The van der Waals surface area contributed by atoms with Crippen LogP contribution < -0.4 is 0 Å². The maximum atomic E-state index is 13.1. The molecule has 0 spiro atoms. The Hall–Kier alpha value is -2.17. The van der Waals surface area contributed by atoms with E-state index in [4.69, 9.17) is 4.74 Å². The molecule has 0 aliphatic carbocycles. The zero-order chi connectivity index (χ0) is 16.9. The van der Waals surface area contributed by atoms with Gasteiger partial charge in [0.05, 0.1) is 11.5 Å². The van der Waals surface area contributed by atoms with Crippen molar-refractivity contribution in [2.75, 3.05) is 20.3 Å². The lowest BCUT2D eigenvalue weighted by molar-refractivity contribution is 0.0684. The number of nitrogens with zero attached hydrogens (tertiary/aromatic N) is 1. The molecule has 1 amide bonds. The molecule has 3 rings (SSSR count). The van der Waals surface area contributed by atoms with Crippen LogP contribution in [0.4, 0.5) is 0 Å². The summed E-state index contributed by atoms with van der Waals surface area (Å²) in [6, 6.07) is 18.3. The van der Waals surface area contributed by atoms with Crippen LogP contribution in [-0.2, 0) is 11.3 Å². The van der Waals surface area contributed by atoms with Crippen LogP contribution in [0.3, 0.4) is 0 Å². The summed E-state index contributed by atoms with van der Waals surface area (Å²) < 4.78 is 6.35. The van der Waals surface area contributed by atoms with Crippen molar-refractivity contribution in [2.45, 2.75) is 13.5 Å². The van der Waals surface area contributed by atoms with Gasteiger partial charge in [-0.25, -0.2) is 0 Å². The Morgan fingerprint density at radius 3 is 2.50 bits per heavy atom. The molecule has 24 heavy (non-hydrogen) atoms. The van der Waals surface area contributed by atoms with Crippen molar-refractivity contribution in [3.63, 3.8) is 0 Å². The summed E-state index contributed by atoms with van der Waals surface area (Å²) in [5.74, 6) is 0.0783. The van der Waals surface area contributed by atoms with Gasteiger partial charge in [-0.2, -0.15) is 0 Å². The van der Waals surface area contributed by atoms with Crippen LogP contribution in [0.15, 0.2) is 54.6 Å². The van der Waals surface area contributed by atoms with E-state index in [0.29, 0.717) is 19.7 Å². The van der Waals surface area contributed by atoms with E-state index in [0.717, 1.165) is 26.1 Å². The van der Waals surface area contributed by atoms with Crippen LogP contribution in [0, 0.1) is 6.92 Å². The van der Waals surface area contributed by atoms with Crippen molar-refractivity contribution >= 4 is 27.3 Å². The summed E-state index contributed by atoms with van der Waals surface area (Å²) in [4.78, 5) is 15.8. The van der Waals surface area contributed by atoms with E-state index < -0.39 is 0 Å². The number of ether oxygens (including phenoxy) is 1. The average Bonchev–Trinajstić information content (AvgIpc) is 2.96. The molecule has 3 aromatic rings. The van der Waals surface area contributed by atoms with Gasteiger partial charge in [-0.1, -0.05) is 48.5 Å². The van der Waals surface area contributed by atoms with Crippen molar-refractivity contribution in [2.24, 2.45) is 0 Å². The topological polar surface area (TPSA) is 29.5 Å². The quantitative estimate of drug-likeness (QED) is 0.662. The summed E-state index contributed by atoms with van der Waals surface area (Å²) in [5, 5.41) is 1.16. The minimum absolute atomic E-state index is 0.0783. The molecule has 0 atom stereocenters. The van der Waals surface area contributed by atoms with Crippen molar-refractivity contribution in [1.29, 1.82) is 0 Å². The number of aryl methyl sites for hydroxylation is 1. The third kappa shape index (κ3) is 3.50. The summed E-state index contributed by atoms with van der Waals surface area (Å²) in [5.41, 5.74) is 2.19. The molecule has 0 aliphatic rings. The van der Waals surface area contributed by atoms with E-state index >= 15 is 0 Å². The van der Waals surface area contributed by atoms with Crippen molar-refractivity contribution in [1.82, 2.24) is 4.90 Å². The van der Waals surface area contributed by atoms with E-state index in [2.05, 4.69) is 12.1 Å².